The molecule has 0 atom stereocenters. The Labute approximate surface area is 163 Å². The van der Waals surface area contributed by atoms with E-state index in [9.17, 15) is 9.59 Å². The van der Waals surface area contributed by atoms with Gasteiger partial charge in [0.15, 0.2) is 0 Å². The Bertz CT molecular complexity index is 1090. The number of nitrogens with one attached hydrogen (secondary N) is 2. The second-order valence-corrected chi connectivity index (χ2v) is 6.95. The van der Waals surface area contributed by atoms with Crippen molar-refractivity contribution in [2.45, 2.75) is 13.8 Å². The topological polar surface area (TPSA) is 79.3 Å². The highest BCUT2D eigenvalue weighted by Crippen LogP contribution is 2.30. The summed E-state index contributed by atoms with van der Waals surface area (Å²) in [6.07, 6.45) is 0. The Kier molecular flexibility index (Phi) is 4.35. The minimum atomic E-state index is -0.251. The normalized spacial score (nSPS) is 13.1. The zero-order valence-electron chi connectivity index (χ0n) is 16.0. The van der Waals surface area contributed by atoms with Gasteiger partial charge in [-0.05, 0) is 50.2 Å². The minimum Gasteiger partial charge on any atom is -0.364 e. The molecule has 2 aromatic carbocycles. The number of benzene rings is 2. The van der Waals surface area contributed by atoms with Gasteiger partial charge in [-0.2, -0.15) is 5.10 Å². The van der Waals surface area contributed by atoms with Crippen molar-refractivity contribution < 1.29 is 9.59 Å². The van der Waals surface area contributed by atoms with E-state index < -0.39 is 0 Å². The maximum absolute atomic E-state index is 12.9. The maximum Gasteiger partial charge on any atom is 0.255 e. The van der Waals surface area contributed by atoms with E-state index in [1.54, 1.807) is 12.1 Å². The van der Waals surface area contributed by atoms with Crippen LogP contribution in [0, 0.1) is 13.8 Å². The Morgan fingerprint density at radius 3 is 2.64 bits per heavy atom. The molecule has 1 aromatic heterocycles. The number of anilines is 3. The standard InChI is InChI=1S/C21H21N5O2/c1-13-10-14(2)26(24-13)19-7-5-4-6-16(19)23-21(28)15-8-9-18-17(11-15)22-20(27)12-25(18)3/h4-11H,12H2,1-3H3,(H,22,27)(H,23,28). The van der Waals surface area contributed by atoms with Gasteiger partial charge in [0.25, 0.3) is 5.91 Å². The summed E-state index contributed by atoms with van der Waals surface area (Å²) in [6.45, 7) is 4.21. The van der Waals surface area contributed by atoms with Gasteiger partial charge in [-0.15, -0.1) is 0 Å². The first-order chi connectivity index (χ1) is 13.4. The molecule has 2 amide bonds. The van der Waals surface area contributed by atoms with Gasteiger partial charge in [0, 0.05) is 18.3 Å². The quantitative estimate of drug-likeness (QED) is 0.737. The monoisotopic (exact) mass is 375 g/mol. The fraction of sp³-hybridized carbons (Fsp3) is 0.190. The van der Waals surface area contributed by atoms with Gasteiger partial charge in [-0.3, -0.25) is 9.59 Å². The number of carbonyl (C=O) groups excluding carboxylic acids is 2. The Morgan fingerprint density at radius 1 is 1.11 bits per heavy atom. The maximum atomic E-state index is 12.9. The average Bonchev–Trinajstić information content (AvgIpc) is 2.99. The molecule has 1 aliphatic rings. The number of nitrogens with zero attached hydrogens (tertiary/aromatic N) is 3. The summed E-state index contributed by atoms with van der Waals surface area (Å²) in [5, 5.41) is 10.3. The third-order valence-electron chi connectivity index (χ3n) is 4.71. The number of likely N-dealkylation sites (N-methyl/N-ethyl adjacent to an activating group) is 1. The predicted molar refractivity (Wildman–Crippen MR) is 109 cm³/mol. The molecule has 0 spiro atoms. The number of rotatable bonds is 3. The number of aryl methyl sites for hydroxylation is 2. The highest BCUT2D eigenvalue weighted by molar-refractivity contribution is 6.08. The number of hydrogen-bond acceptors (Lipinski definition) is 4. The largest absolute Gasteiger partial charge is 0.364 e. The molecule has 0 aliphatic carbocycles. The van der Waals surface area contributed by atoms with Crippen LogP contribution in [0.25, 0.3) is 5.69 Å². The van der Waals surface area contributed by atoms with E-state index >= 15 is 0 Å². The van der Waals surface area contributed by atoms with Crippen LogP contribution in [0.3, 0.4) is 0 Å². The molecule has 0 unspecified atom stereocenters. The number of carbonyl (C=O) groups is 2. The highest BCUT2D eigenvalue weighted by atomic mass is 16.2. The fourth-order valence-electron chi connectivity index (χ4n) is 3.43. The lowest BCUT2D eigenvalue weighted by molar-refractivity contribution is -0.115. The van der Waals surface area contributed by atoms with Gasteiger partial charge >= 0.3 is 0 Å². The number of para-hydroxylation sites is 2. The van der Waals surface area contributed by atoms with Crippen LogP contribution in [-0.2, 0) is 4.79 Å². The molecule has 28 heavy (non-hydrogen) atoms. The average molecular weight is 375 g/mol. The number of fused-ring (bicyclic) bond motifs is 1. The SMILES string of the molecule is Cc1cc(C)n(-c2ccccc2NC(=O)c2ccc3c(c2)NC(=O)CN3C)n1. The Morgan fingerprint density at radius 2 is 1.89 bits per heavy atom. The first-order valence-corrected chi connectivity index (χ1v) is 9.01. The second-order valence-electron chi connectivity index (χ2n) is 6.95. The second kappa shape index (κ2) is 6.84. The van der Waals surface area contributed by atoms with Crippen LogP contribution in [0.4, 0.5) is 17.1 Å². The summed E-state index contributed by atoms with van der Waals surface area (Å²) >= 11 is 0. The van der Waals surface area contributed by atoms with Crippen molar-refractivity contribution in [1.82, 2.24) is 9.78 Å². The van der Waals surface area contributed by atoms with Crippen LogP contribution in [0.15, 0.2) is 48.5 Å². The van der Waals surface area contributed by atoms with E-state index in [1.807, 2.05) is 66.9 Å². The van der Waals surface area contributed by atoms with Crippen molar-refractivity contribution in [3.05, 3.63) is 65.5 Å². The molecule has 0 fully saturated rings. The van der Waals surface area contributed by atoms with Crippen molar-refractivity contribution in [3.8, 4) is 5.69 Å². The summed E-state index contributed by atoms with van der Waals surface area (Å²) in [7, 11) is 1.85. The van der Waals surface area contributed by atoms with E-state index in [2.05, 4.69) is 15.7 Å². The van der Waals surface area contributed by atoms with Crippen LogP contribution in [0.1, 0.15) is 21.7 Å². The molecular formula is C21H21N5O2. The molecule has 0 radical (unpaired) electrons. The third kappa shape index (κ3) is 3.22. The first-order valence-electron chi connectivity index (χ1n) is 9.01. The zero-order chi connectivity index (χ0) is 19.8. The smallest absolute Gasteiger partial charge is 0.255 e. The molecular weight excluding hydrogens is 354 g/mol. The van der Waals surface area contributed by atoms with Gasteiger partial charge in [-0.25, -0.2) is 4.68 Å². The molecule has 7 nitrogen and oxygen atoms in total. The summed E-state index contributed by atoms with van der Waals surface area (Å²) in [6, 6.07) is 14.8. The molecule has 3 aromatic rings. The van der Waals surface area contributed by atoms with Gasteiger partial charge in [-0.1, -0.05) is 12.1 Å². The number of hydrogen-bond donors (Lipinski definition) is 2. The van der Waals surface area contributed by atoms with Crippen molar-refractivity contribution in [2.24, 2.45) is 0 Å². The van der Waals surface area contributed by atoms with Gasteiger partial charge < -0.3 is 15.5 Å². The van der Waals surface area contributed by atoms with Gasteiger partial charge in [0.05, 0.1) is 35.0 Å². The number of amides is 2. The molecule has 7 heteroatoms. The molecule has 0 saturated carbocycles. The third-order valence-corrected chi connectivity index (χ3v) is 4.71. The highest BCUT2D eigenvalue weighted by Gasteiger charge is 2.21. The fourth-order valence-corrected chi connectivity index (χ4v) is 3.43. The predicted octanol–water partition coefficient (Wildman–Crippen LogP) is 3.13. The number of aromatic nitrogens is 2. The summed E-state index contributed by atoms with van der Waals surface area (Å²) < 4.78 is 1.81. The van der Waals surface area contributed by atoms with Crippen LogP contribution in [-0.4, -0.2) is 35.2 Å². The molecule has 1 aliphatic heterocycles. The summed E-state index contributed by atoms with van der Waals surface area (Å²) in [5.41, 5.74) is 5.35. The minimum absolute atomic E-state index is 0.0950. The van der Waals surface area contributed by atoms with Crippen molar-refractivity contribution >= 4 is 28.9 Å². The lowest BCUT2D eigenvalue weighted by Gasteiger charge is -2.27. The van der Waals surface area contributed by atoms with Gasteiger partial charge in [0.1, 0.15) is 0 Å². The van der Waals surface area contributed by atoms with E-state index in [-0.39, 0.29) is 11.8 Å². The molecule has 142 valence electrons. The van der Waals surface area contributed by atoms with E-state index in [4.69, 9.17) is 0 Å². The van der Waals surface area contributed by atoms with Gasteiger partial charge in [0.2, 0.25) is 5.91 Å². The molecule has 0 saturated heterocycles. The zero-order valence-corrected chi connectivity index (χ0v) is 16.0. The molecule has 4 rings (SSSR count). The molecule has 0 bridgehead atoms. The van der Waals surface area contributed by atoms with E-state index in [1.165, 1.54) is 0 Å². The van der Waals surface area contributed by atoms with E-state index in [0.29, 0.717) is 23.5 Å². The van der Waals surface area contributed by atoms with Crippen molar-refractivity contribution in [2.75, 3.05) is 29.1 Å². The van der Waals surface area contributed by atoms with Crippen LogP contribution >= 0.6 is 0 Å². The van der Waals surface area contributed by atoms with Crippen molar-refractivity contribution in [3.63, 3.8) is 0 Å². The Balaban J connectivity index is 1.64. The summed E-state index contributed by atoms with van der Waals surface area (Å²) in [5.74, 6) is -0.346. The summed E-state index contributed by atoms with van der Waals surface area (Å²) in [4.78, 5) is 26.5. The van der Waals surface area contributed by atoms with E-state index in [0.717, 1.165) is 22.8 Å². The first kappa shape index (κ1) is 17.8. The van der Waals surface area contributed by atoms with Crippen molar-refractivity contribution in [1.29, 1.82) is 0 Å². The molecule has 2 heterocycles. The van der Waals surface area contributed by atoms with Crippen LogP contribution in [0.2, 0.25) is 0 Å². The lowest BCUT2D eigenvalue weighted by Crippen LogP contribution is -2.35. The van der Waals surface area contributed by atoms with Crippen LogP contribution in [0.5, 0.6) is 0 Å². The molecule has 2 N–H and O–H groups in total. The Hall–Kier alpha value is -3.61. The van der Waals surface area contributed by atoms with Crippen LogP contribution < -0.4 is 15.5 Å². The lowest BCUT2D eigenvalue weighted by atomic mass is 10.1.